The number of nitrogens with zero attached hydrogens (tertiary/aromatic N) is 1. The van der Waals surface area contributed by atoms with Gasteiger partial charge in [-0.3, -0.25) is 4.79 Å². The second-order valence-electron chi connectivity index (χ2n) is 5.01. The van der Waals surface area contributed by atoms with Crippen LogP contribution in [0.3, 0.4) is 0 Å². The normalized spacial score (nSPS) is 13.8. The number of carbonyl (C=O) groups is 1. The van der Waals surface area contributed by atoms with E-state index in [1.54, 1.807) is 20.8 Å². The molecule has 5 heteroatoms. The van der Waals surface area contributed by atoms with E-state index in [1.807, 2.05) is 30.3 Å². The molecule has 1 atom stereocenters. The highest BCUT2D eigenvalue weighted by atomic mass is 16.5. The van der Waals surface area contributed by atoms with Gasteiger partial charge in [-0.25, -0.2) is 0 Å². The molecule has 0 bridgehead atoms. The Bertz CT molecular complexity index is 587. The van der Waals surface area contributed by atoms with Crippen molar-refractivity contribution in [3.63, 3.8) is 0 Å². The third kappa shape index (κ3) is 2.58. The SMILES string of the molecule is Cc1noc(C)c1C(=O)NC(C)(CO)c1ccccc1. The van der Waals surface area contributed by atoms with Crippen molar-refractivity contribution < 1.29 is 14.4 Å². The Morgan fingerprint density at radius 1 is 1.35 bits per heavy atom. The summed E-state index contributed by atoms with van der Waals surface area (Å²) in [5.41, 5.74) is 0.936. The van der Waals surface area contributed by atoms with Crippen molar-refractivity contribution >= 4 is 5.91 Å². The highest BCUT2D eigenvalue weighted by Crippen LogP contribution is 2.22. The van der Waals surface area contributed by atoms with Gasteiger partial charge in [0, 0.05) is 0 Å². The largest absolute Gasteiger partial charge is 0.394 e. The van der Waals surface area contributed by atoms with Crippen LogP contribution in [0.1, 0.15) is 34.3 Å². The molecule has 0 aliphatic heterocycles. The number of amides is 1. The minimum absolute atomic E-state index is 0.202. The van der Waals surface area contributed by atoms with Crippen molar-refractivity contribution in [1.82, 2.24) is 10.5 Å². The Kier molecular flexibility index (Phi) is 3.90. The molecule has 0 saturated heterocycles. The van der Waals surface area contributed by atoms with Crippen molar-refractivity contribution in [1.29, 1.82) is 0 Å². The van der Waals surface area contributed by atoms with E-state index in [-0.39, 0.29) is 12.5 Å². The zero-order valence-corrected chi connectivity index (χ0v) is 11.8. The molecule has 0 spiro atoms. The molecular formula is C15H18N2O3. The van der Waals surface area contributed by atoms with Gasteiger partial charge in [-0.1, -0.05) is 35.5 Å². The maximum Gasteiger partial charge on any atom is 0.257 e. The molecule has 1 amide bonds. The van der Waals surface area contributed by atoms with Gasteiger partial charge in [0.1, 0.15) is 11.3 Å². The Morgan fingerprint density at radius 3 is 2.50 bits per heavy atom. The zero-order valence-electron chi connectivity index (χ0n) is 11.8. The molecule has 0 saturated carbocycles. The molecule has 2 rings (SSSR count). The Labute approximate surface area is 117 Å². The summed E-state index contributed by atoms with van der Waals surface area (Å²) in [7, 11) is 0. The fraction of sp³-hybridized carbons (Fsp3) is 0.333. The molecule has 2 aromatic rings. The summed E-state index contributed by atoms with van der Waals surface area (Å²) in [5, 5.41) is 16.3. The predicted octanol–water partition coefficient (Wildman–Crippen LogP) is 1.93. The summed E-state index contributed by atoms with van der Waals surface area (Å²) in [6, 6.07) is 9.35. The molecule has 0 aliphatic rings. The number of carbonyl (C=O) groups excluding carboxylic acids is 1. The summed E-state index contributed by atoms with van der Waals surface area (Å²) in [5.74, 6) is 0.162. The van der Waals surface area contributed by atoms with E-state index < -0.39 is 5.54 Å². The summed E-state index contributed by atoms with van der Waals surface area (Å²) in [6.07, 6.45) is 0. The smallest absolute Gasteiger partial charge is 0.257 e. The van der Waals surface area contributed by atoms with Gasteiger partial charge in [0.05, 0.1) is 17.8 Å². The Balaban J connectivity index is 2.29. The quantitative estimate of drug-likeness (QED) is 0.893. The highest BCUT2D eigenvalue weighted by molar-refractivity contribution is 5.96. The van der Waals surface area contributed by atoms with Crippen molar-refractivity contribution in [3.05, 3.63) is 52.9 Å². The first-order valence-corrected chi connectivity index (χ1v) is 6.39. The number of aliphatic hydroxyl groups excluding tert-OH is 1. The van der Waals surface area contributed by atoms with E-state index in [1.165, 1.54) is 0 Å². The van der Waals surface area contributed by atoms with Gasteiger partial charge in [0.25, 0.3) is 5.91 Å². The fourth-order valence-corrected chi connectivity index (χ4v) is 2.13. The lowest BCUT2D eigenvalue weighted by Crippen LogP contribution is -2.46. The summed E-state index contributed by atoms with van der Waals surface area (Å²) >= 11 is 0. The van der Waals surface area contributed by atoms with Gasteiger partial charge in [0.15, 0.2) is 0 Å². The minimum atomic E-state index is -0.853. The Morgan fingerprint density at radius 2 is 2.00 bits per heavy atom. The van der Waals surface area contributed by atoms with Gasteiger partial charge in [-0.15, -0.1) is 0 Å². The molecule has 1 aromatic carbocycles. The van der Waals surface area contributed by atoms with Gasteiger partial charge >= 0.3 is 0 Å². The van der Waals surface area contributed by atoms with Gasteiger partial charge < -0.3 is 14.9 Å². The van der Waals surface area contributed by atoms with Crippen LogP contribution in [0.2, 0.25) is 0 Å². The third-order valence-corrected chi connectivity index (χ3v) is 3.38. The summed E-state index contributed by atoms with van der Waals surface area (Å²) in [4.78, 5) is 12.4. The lowest BCUT2D eigenvalue weighted by atomic mass is 9.92. The van der Waals surface area contributed by atoms with Crippen LogP contribution >= 0.6 is 0 Å². The zero-order chi connectivity index (χ0) is 14.8. The lowest BCUT2D eigenvalue weighted by Gasteiger charge is -2.29. The number of nitrogens with one attached hydrogen (secondary N) is 1. The van der Waals surface area contributed by atoms with Crippen molar-refractivity contribution in [2.24, 2.45) is 0 Å². The minimum Gasteiger partial charge on any atom is -0.394 e. The molecule has 5 nitrogen and oxygen atoms in total. The Hall–Kier alpha value is -2.14. The van der Waals surface area contributed by atoms with E-state index in [9.17, 15) is 9.90 Å². The number of aliphatic hydroxyl groups is 1. The van der Waals surface area contributed by atoms with E-state index in [4.69, 9.17) is 4.52 Å². The van der Waals surface area contributed by atoms with Crippen LogP contribution < -0.4 is 5.32 Å². The number of aromatic nitrogens is 1. The monoisotopic (exact) mass is 274 g/mol. The number of rotatable bonds is 4. The molecule has 1 unspecified atom stereocenters. The maximum absolute atomic E-state index is 12.4. The number of hydrogen-bond acceptors (Lipinski definition) is 4. The first-order chi connectivity index (χ1) is 9.48. The van der Waals surface area contributed by atoms with Crippen LogP contribution in [0.15, 0.2) is 34.9 Å². The molecule has 106 valence electrons. The van der Waals surface area contributed by atoms with E-state index in [0.29, 0.717) is 17.0 Å². The molecule has 0 fully saturated rings. The van der Waals surface area contributed by atoms with Crippen LogP contribution in [0.25, 0.3) is 0 Å². The number of benzene rings is 1. The van der Waals surface area contributed by atoms with Crippen LogP contribution in [-0.2, 0) is 5.54 Å². The average molecular weight is 274 g/mol. The molecule has 1 aromatic heterocycles. The molecule has 0 aliphatic carbocycles. The van der Waals surface area contributed by atoms with Crippen LogP contribution in [0.4, 0.5) is 0 Å². The van der Waals surface area contributed by atoms with E-state index in [2.05, 4.69) is 10.5 Å². The molecule has 2 N–H and O–H groups in total. The fourth-order valence-electron chi connectivity index (χ4n) is 2.13. The summed E-state index contributed by atoms with van der Waals surface area (Å²) in [6.45, 7) is 4.97. The molecule has 0 radical (unpaired) electrons. The standard InChI is InChI=1S/C15H18N2O3/c1-10-13(11(2)20-17-10)14(19)16-15(3,9-18)12-7-5-4-6-8-12/h4-8,18H,9H2,1-3H3,(H,16,19). The molecule has 20 heavy (non-hydrogen) atoms. The number of aryl methyl sites for hydroxylation is 2. The van der Waals surface area contributed by atoms with Crippen LogP contribution in [0.5, 0.6) is 0 Å². The van der Waals surface area contributed by atoms with Crippen molar-refractivity contribution in [3.8, 4) is 0 Å². The van der Waals surface area contributed by atoms with Gasteiger partial charge in [-0.05, 0) is 26.3 Å². The van der Waals surface area contributed by atoms with Crippen molar-refractivity contribution in [2.45, 2.75) is 26.3 Å². The first kappa shape index (κ1) is 14.3. The first-order valence-electron chi connectivity index (χ1n) is 6.39. The molecule has 1 heterocycles. The average Bonchev–Trinajstić information content (AvgIpc) is 2.79. The second kappa shape index (κ2) is 5.46. The van der Waals surface area contributed by atoms with Gasteiger partial charge in [0.2, 0.25) is 0 Å². The number of hydrogen-bond donors (Lipinski definition) is 2. The van der Waals surface area contributed by atoms with Crippen LogP contribution in [-0.4, -0.2) is 22.8 Å². The summed E-state index contributed by atoms with van der Waals surface area (Å²) < 4.78 is 5.00. The van der Waals surface area contributed by atoms with Gasteiger partial charge in [-0.2, -0.15) is 0 Å². The van der Waals surface area contributed by atoms with E-state index in [0.717, 1.165) is 5.56 Å². The third-order valence-electron chi connectivity index (χ3n) is 3.38. The second-order valence-corrected chi connectivity index (χ2v) is 5.01. The van der Waals surface area contributed by atoms with E-state index >= 15 is 0 Å². The molecular weight excluding hydrogens is 256 g/mol. The highest BCUT2D eigenvalue weighted by Gasteiger charge is 2.30. The topological polar surface area (TPSA) is 75.4 Å². The van der Waals surface area contributed by atoms with Crippen molar-refractivity contribution in [2.75, 3.05) is 6.61 Å². The maximum atomic E-state index is 12.4. The van der Waals surface area contributed by atoms with Crippen LogP contribution in [0, 0.1) is 13.8 Å². The lowest BCUT2D eigenvalue weighted by molar-refractivity contribution is 0.0847. The predicted molar refractivity (Wildman–Crippen MR) is 74.3 cm³/mol.